The third kappa shape index (κ3) is 5.22. The van der Waals surface area contributed by atoms with E-state index in [1.54, 1.807) is 29.2 Å². The van der Waals surface area contributed by atoms with Crippen molar-refractivity contribution >= 4 is 17.4 Å². The van der Waals surface area contributed by atoms with E-state index in [-0.39, 0.29) is 11.3 Å². The summed E-state index contributed by atoms with van der Waals surface area (Å²) < 4.78 is 11.0. The molecule has 3 aromatic rings. The van der Waals surface area contributed by atoms with Crippen LogP contribution in [0.3, 0.4) is 0 Å². The second-order valence-electron chi connectivity index (χ2n) is 8.19. The molecule has 1 atom stereocenters. The van der Waals surface area contributed by atoms with Gasteiger partial charge in [-0.15, -0.1) is 0 Å². The van der Waals surface area contributed by atoms with Gasteiger partial charge in [-0.1, -0.05) is 42.5 Å². The van der Waals surface area contributed by atoms with Crippen molar-refractivity contribution < 1.29 is 24.2 Å². The van der Waals surface area contributed by atoms with Crippen LogP contribution in [-0.2, 0) is 16.0 Å². The molecule has 1 aliphatic heterocycles. The molecule has 6 heteroatoms. The van der Waals surface area contributed by atoms with Crippen LogP contribution in [0, 0.1) is 0 Å². The van der Waals surface area contributed by atoms with Gasteiger partial charge in [-0.2, -0.15) is 0 Å². The van der Waals surface area contributed by atoms with Crippen LogP contribution in [0.5, 0.6) is 11.5 Å². The topological polar surface area (TPSA) is 76.1 Å². The van der Waals surface area contributed by atoms with Crippen molar-refractivity contribution in [3.05, 3.63) is 101 Å². The Morgan fingerprint density at radius 1 is 0.829 bits per heavy atom. The smallest absolute Gasteiger partial charge is 0.295 e. The fourth-order valence-electron chi connectivity index (χ4n) is 4.30. The van der Waals surface area contributed by atoms with Crippen LogP contribution in [0.25, 0.3) is 5.76 Å². The first-order chi connectivity index (χ1) is 17.0. The van der Waals surface area contributed by atoms with Crippen LogP contribution in [0.1, 0.15) is 36.6 Å². The maximum absolute atomic E-state index is 13.2. The monoisotopic (exact) mass is 471 g/mol. The molecule has 180 valence electrons. The van der Waals surface area contributed by atoms with Crippen LogP contribution in [0.15, 0.2) is 84.4 Å². The predicted octanol–water partition coefficient (Wildman–Crippen LogP) is 5.15. The molecule has 1 amide bonds. The number of hydrogen-bond donors (Lipinski definition) is 1. The van der Waals surface area contributed by atoms with E-state index in [1.165, 1.54) is 0 Å². The van der Waals surface area contributed by atoms with Crippen LogP contribution in [0.2, 0.25) is 0 Å². The molecule has 0 spiro atoms. The number of amides is 1. The Bertz CT molecular complexity index is 1200. The Hall–Kier alpha value is -4.06. The van der Waals surface area contributed by atoms with Gasteiger partial charge in [-0.25, -0.2) is 0 Å². The highest BCUT2D eigenvalue weighted by Gasteiger charge is 2.45. The van der Waals surface area contributed by atoms with E-state index in [1.807, 2.05) is 68.4 Å². The van der Waals surface area contributed by atoms with Gasteiger partial charge in [0.2, 0.25) is 0 Å². The molecule has 35 heavy (non-hydrogen) atoms. The van der Waals surface area contributed by atoms with Crippen molar-refractivity contribution in [2.24, 2.45) is 0 Å². The maximum Gasteiger partial charge on any atom is 0.295 e. The SMILES string of the molecule is CCOc1ccc(/C(O)=C2\C(=O)C(=O)N(CCc3ccccc3)C2c2ccc(OCC)cc2)cc1. The highest BCUT2D eigenvalue weighted by Crippen LogP contribution is 2.40. The Balaban J connectivity index is 1.74. The lowest BCUT2D eigenvalue weighted by Crippen LogP contribution is -2.31. The van der Waals surface area contributed by atoms with Gasteiger partial charge in [-0.3, -0.25) is 9.59 Å². The minimum Gasteiger partial charge on any atom is -0.507 e. The van der Waals surface area contributed by atoms with Gasteiger partial charge >= 0.3 is 0 Å². The second kappa shape index (κ2) is 10.9. The average Bonchev–Trinajstić information content (AvgIpc) is 3.14. The van der Waals surface area contributed by atoms with E-state index >= 15 is 0 Å². The summed E-state index contributed by atoms with van der Waals surface area (Å²) >= 11 is 0. The number of nitrogens with zero attached hydrogens (tertiary/aromatic N) is 1. The molecule has 1 saturated heterocycles. The number of likely N-dealkylation sites (tertiary alicyclic amines) is 1. The number of carbonyl (C=O) groups excluding carboxylic acids is 2. The zero-order chi connectivity index (χ0) is 24.8. The number of aliphatic hydroxyl groups excluding tert-OH is 1. The van der Waals surface area contributed by atoms with Crippen molar-refractivity contribution in [3.8, 4) is 11.5 Å². The summed E-state index contributed by atoms with van der Waals surface area (Å²) in [5.74, 6) is -0.150. The molecule has 1 N–H and O–H groups in total. The lowest BCUT2D eigenvalue weighted by atomic mass is 9.95. The molecule has 1 aliphatic rings. The van der Waals surface area contributed by atoms with Crippen LogP contribution in [-0.4, -0.2) is 41.5 Å². The first-order valence-corrected chi connectivity index (χ1v) is 11.8. The number of benzene rings is 3. The van der Waals surface area contributed by atoms with Crippen molar-refractivity contribution in [3.63, 3.8) is 0 Å². The molecule has 6 nitrogen and oxygen atoms in total. The number of carbonyl (C=O) groups is 2. The summed E-state index contributed by atoms with van der Waals surface area (Å²) in [4.78, 5) is 27.9. The molecule has 1 heterocycles. The normalized spacial score (nSPS) is 17.0. The van der Waals surface area contributed by atoms with Gasteiger partial charge < -0.3 is 19.5 Å². The van der Waals surface area contributed by atoms with E-state index in [4.69, 9.17) is 9.47 Å². The van der Waals surface area contributed by atoms with Crippen molar-refractivity contribution in [2.75, 3.05) is 19.8 Å². The first-order valence-electron chi connectivity index (χ1n) is 11.8. The van der Waals surface area contributed by atoms with Gasteiger partial charge in [0.05, 0.1) is 24.8 Å². The Kier molecular flexibility index (Phi) is 7.51. The summed E-state index contributed by atoms with van der Waals surface area (Å²) in [5, 5.41) is 11.2. The Labute approximate surface area is 205 Å². The van der Waals surface area contributed by atoms with Gasteiger partial charge in [0, 0.05) is 12.1 Å². The molecular weight excluding hydrogens is 442 g/mol. The van der Waals surface area contributed by atoms with E-state index in [0.29, 0.717) is 43.2 Å². The largest absolute Gasteiger partial charge is 0.507 e. The molecule has 4 rings (SSSR count). The number of ether oxygens (including phenoxy) is 2. The molecule has 0 aromatic heterocycles. The van der Waals surface area contributed by atoms with Crippen molar-refractivity contribution in [1.82, 2.24) is 4.90 Å². The average molecular weight is 472 g/mol. The van der Waals surface area contributed by atoms with Crippen LogP contribution >= 0.6 is 0 Å². The predicted molar refractivity (Wildman–Crippen MR) is 134 cm³/mol. The molecule has 0 saturated carbocycles. The number of aliphatic hydroxyl groups is 1. The summed E-state index contributed by atoms with van der Waals surface area (Å²) in [6.45, 7) is 5.19. The second-order valence-corrected chi connectivity index (χ2v) is 8.19. The van der Waals surface area contributed by atoms with Crippen molar-refractivity contribution in [1.29, 1.82) is 0 Å². The van der Waals surface area contributed by atoms with E-state index in [9.17, 15) is 14.7 Å². The Morgan fingerprint density at radius 2 is 1.40 bits per heavy atom. The van der Waals surface area contributed by atoms with E-state index in [2.05, 4.69) is 0 Å². The van der Waals surface area contributed by atoms with E-state index < -0.39 is 17.7 Å². The highest BCUT2D eigenvalue weighted by atomic mass is 16.5. The van der Waals surface area contributed by atoms with Gasteiger partial charge in [-0.05, 0) is 67.8 Å². The van der Waals surface area contributed by atoms with Gasteiger partial charge in [0.1, 0.15) is 17.3 Å². The third-order valence-corrected chi connectivity index (χ3v) is 5.97. The number of hydrogen-bond acceptors (Lipinski definition) is 5. The number of ketones is 1. The van der Waals surface area contributed by atoms with Gasteiger partial charge in [0.25, 0.3) is 11.7 Å². The van der Waals surface area contributed by atoms with Crippen LogP contribution < -0.4 is 9.47 Å². The van der Waals surface area contributed by atoms with Crippen molar-refractivity contribution in [2.45, 2.75) is 26.3 Å². The minimum atomic E-state index is -0.707. The summed E-state index contributed by atoms with van der Waals surface area (Å²) in [5.41, 5.74) is 2.32. The molecule has 1 unspecified atom stereocenters. The lowest BCUT2D eigenvalue weighted by Gasteiger charge is -2.25. The van der Waals surface area contributed by atoms with Crippen LogP contribution in [0.4, 0.5) is 0 Å². The summed E-state index contributed by atoms with van der Waals surface area (Å²) in [6.07, 6.45) is 0.588. The summed E-state index contributed by atoms with van der Waals surface area (Å²) in [7, 11) is 0. The zero-order valence-electron chi connectivity index (χ0n) is 19.9. The standard InChI is InChI=1S/C29H29NO5/c1-3-34-23-14-10-21(11-15-23)26-25(27(31)22-12-16-24(17-13-22)35-4-2)28(32)29(33)30(26)19-18-20-8-6-5-7-9-20/h5-17,26,31H,3-4,18-19H2,1-2H3/b27-25+. The minimum absolute atomic E-state index is 0.0800. The molecule has 0 aliphatic carbocycles. The molecule has 0 bridgehead atoms. The fraction of sp³-hybridized carbons (Fsp3) is 0.241. The number of Topliss-reactive ketones (excluding diaryl/α,β-unsaturated/α-hetero) is 1. The third-order valence-electron chi connectivity index (χ3n) is 5.97. The maximum atomic E-state index is 13.2. The summed E-state index contributed by atoms with van der Waals surface area (Å²) in [6, 6.07) is 23.2. The lowest BCUT2D eigenvalue weighted by molar-refractivity contribution is -0.139. The molecule has 0 radical (unpaired) electrons. The highest BCUT2D eigenvalue weighted by molar-refractivity contribution is 6.46. The zero-order valence-corrected chi connectivity index (χ0v) is 19.9. The molecule has 3 aromatic carbocycles. The molecule has 1 fully saturated rings. The first kappa shape index (κ1) is 24.1. The fourth-order valence-corrected chi connectivity index (χ4v) is 4.30. The molecular formula is C29H29NO5. The quantitative estimate of drug-likeness (QED) is 0.265. The van der Waals surface area contributed by atoms with E-state index in [0.717, 1.165) is 11.1 Å². The van der Waals surface area contributed by atoms with Gasteiger partial charge in [0.15, 0.2) is 0 Å². The number of rotatable bonds is 9. The Morgan fingerprint density at radius 3 is 1.97 bits per heavy atom.